The van der Waals surface area contributed by atoms with Crippen LogP contribution in [0.4, 0.5) is 22.2 Å². The number of likely N-dealkylation sites (N-methyl/N-ethyl adjacent to an activating group) is 1. The average Bonchev–Trinajstić information content (AvgIpc) is 3.52. The van der Waals surface area contributed by atoms with Crippen molar-refractivity contribution in [1.29, 1.82) is 0 Å². The maximum absolute atomic E-state index is 13.8. The van der Waals surface area contributed by atoms with Gasteiger partial charge < -0.3 is 29.1 Å². The zero-order chi connectivity index (χ0) is 32.6. The number of benzene rings is 1. The Labute approximate surface area is 262 Å². The van der Waals surface area contributed by atoms with Crippen molar-refractivity contribution in [2.24, 2.45) is 5.92 Å². The molecule has 0 N–H and O–H groups in total. The summed E-state index contributed by atoms with van der Waals surface area (Å²) in [6.07, 6.45) is 3.59. The van der Waals surface area contributed by atoms with Gasteiger partial charge in [-0.15, -0.1) is 0 Å². The molecule has 0 saturated carbocycles. The monoisotopic (exact) mass is 610 g/mol. The number of amides is 2. The quantitative estimate of drug-likeness (QED) is 0.295. The predicted molar refractivity (Wildman–Crippen MR) is 173 cm³/mol. The standard InChI is InChI=1S/C33H50N6O5/c1-10-37(11-2)31-34-22-27(39(12-3)29(40)23(4)5)28(35-31)36(9)26(30(41)44-33(6,7)8)21-24-15-17-25(18-16-24)43-32(42)38-19-13-14-20-38/h15-18,22-23,26H,10-14,19-21H2,1-9H3. The van der Waals surface area contributed by atoms with E-state index in [4.69, 9.17) is 14.5 Å². The van der Waals surface area contributed by atoms with Crippen molar-refractivity contribution in [2.45, 2.75) is 86.3 Å². The number of carbonyl (C=O) groups is 3. The Bertz CT molecular complexity index is 1270. The molecule has 2 aromatic rings. The van der Waals surface area contributed by atoms with E-state index >= 15 is 0 Å². The third kappa shape index (κ3) is 8.83. The topological polar surface area (TPSA) is 108 Å². The number of hydrogen-bond acceptors (Lipinski definition) is 9. The summed E-state index contributed by atoms with van der Waals surface area (Å²) in [5, 5.41) is 0. The Morgan fingerprint density at radius 1 is 0.977 bits per heavy atom. The predicted octanol–water partition coefficient (Wildman–Crippen LogP) is 5.32. The van der Waals surface area contributed by atoms with Crippen LogP contribution < -0.4 is 19.4 Å². The molecule has 1 fully saturated rings. The summed E-state index contributed by atoms with van der Waals surface area (Å²) in [5.74, 6) is 0.701. The summed E-state index contributed by atoms with van der Waals surface area (Å²) in [7, 11) is 1.80. The van der Waals surface area contributed by atoms with E-state index in [0.29, 0.717) is 62.3 Å². The first-order valence-corrected chi connectivity index (χ1v) is 15.7. The van der Waals surface area contributed by atoms with Crippen LogP contribution in [0.1, 0.15) is 73.8 Å². The van der Waals surface area contributed by atoms with Crippen molar-refractivity contribution in [3.05, 3.63) is 36.0 Å². The molecule has 1 aliphatic heterocycles. The van der Waals surface area contributed by atoms with Gasteiger partial charge in [-0.1, -0.05) is 26.0 Å². The number of nitrogens with zero attached hydrogens (tertiary/aromatic N) is 6. The molecule has 11 nitrogen and oxygen atoms in total. The lowest BCUT2D eigenvalue weighted by atomic mass is 10.0. The van der Waals surface area contributed by atoms with E-state index in [1.54, 1.807) is 40.1 Å². The van der Waals surface area contributed by atoms with Gasteiger partial charge in [0, 0.05) is 52.1 Å². The minimum absolute atomic E-state index is 0.0609. The highest BCUT2D eigenvalue weighted by Crippen LogP contribution is 2.32. The van der Waals surface area contributed by atoms with Crippen molar-refractivity contribution in [2.75, 3.05) is 54.5 Å². The fourth-order valence-corrected chi connectivity index (χ4v) is 5.10. The van der Waals surface area contributed by atoms with Gasteiger partial charge in [0.25, 0.3) is 0 Å². The fourth-order valence-electron chi connectivity index (χ4n) is 5.10. The molecule has 1 unspecified atom stereocenters. The van der Waals surface area contributed by atoms with Crippen LogP contribution in [0.2, 0.25) is 0 Å². The number of anilines is 3. The Morgan fingerprint density at radius 3 is 2.11 bits per heavy atom. The molecule has 0 aliphatic carbocycles. The Kier molecular flexibility index (Phi) is 12.0. The van der Waals surface area contributed by atoms with Gasteiger partial charge >= 0.3 is 12.1 Å². The molecule has 44 heavy (non-hydrogen) atoms. The first-order valence-electron chi connectivity index (χ1n) is 15.7. The summed E-state index contributed by atoms with van der Waals surface area (Å²) >= 11 is 0. The third-order valence-electron chi connectivity index (χ3n) is 7.55. The Morgan fingerprint density at radius 2 is 1.59 bits per heavy atom. The smallest absolute Gasteiger partial charge is 0.415 e. The summed E-state index contributed by atoms with van der Waals surface area (Å²) in [6.45, 7) is 18.4. The molecule has 1 aromatic carbocycles. The fraction of sp³-hybridized carbons (Fsp3) is 0.606. The molecule has 0 spiro atoms. The molecule has 1 aromatic heterocycles. The summed E-state index contributed by atoms with van der Waals surface area (Å²) in [5.41, 5.74) is 0.662. The van der Waals surface area contributed by atoms with Crippen LogP contribution in [0.3, 0.4) is 0 Å². The van der Waals surface area contributed by atoms with Crippen LogP contribution in [0.5, 0.6) is 5.75 Å². The zero-order valence-electron chi connectivity index (χ0n) is 27.9. The van der Waals surface area contributed by atoms with Crippen molar-refractivity contribution >= 4 is 35.4 Å². The molecule has 3 rings (SSSR count). The molecular formula is C33H50N6O5. The SMILES string of the molecule is CCN(CC)c1ncc(N(CC)C(=O)C(C)C)c(N(C)C(Cc2ccc(OC(=O)N3CCCC3)cc2)C(=O)OC(C)(C)C)n1. The first kappa shape index (κ1) is 34.6. The summed E-state index contributed by atoms with van der Waals surface area (Å²) in [4.78, 5) is 56.2. The van der Waals surface area contributed by atoms with Gasteiger partial charge in [0.05, 0.1) is 6.20 Å². The summed E-state index contributed by atoms with van der Waals surface area (Å²) < 4.78 is 11.5. The molecule has 1 saturated heterocycles. The van der Waals surface area contributed by atoms with E-state index in [2.05, 4.69) is 4.98 Å². The first-order chi connectivity index (χ1) is 20.8. The number of carbonyl (C=O) groups excluding carboxylic acids is 3. The van der Waals surface area contributed by atoms with Crippen molar-refractivity contribution in [3.8, 4) is 5.75 Å². The van der Waals surface area contributed by atoms with Crippen LogP contribution in [-0.4, -0.2) is 84.3 Å². The second-order valence-corrected chi connectivity index (χ2v) is 12.4. The van der Waals surface area contributed by atoms with E-state index in [-0.39, 0.29) is 17.9 Å². The third-order valence-corrected chi connectivity index (χ3v) is 7.55. The van der Waals surface area contributed by atoms with E-state index in [0.717, 1.165) is 18.4 Å². The average molecular weight is 611 g/mol. The van der Waals surface area contributed by atoms with Gasteiger partial charge in [0.1, 0.15) is 23.1 Å². The van der Waals surface area contributed by atoms with Gasteiger partial charge in [0.2, 0.25) is 11.9 Å². The second kappa shape index (κ2) is 15.2. The van der Waals surface area contributed by atoms with Crippen molar-refractivity contribution in [1.82, 2.24) is 14.9 Å². The van der Waals surface area contributed by atoms with E-state index in [1.165, 1.54) is 0 Å². The van der Waals surface area contributed by atoms with Crippen LogP contribution in [0.15, 0.2) is 30.5 Å². The number of rotatable bonds is 12. The summed E-state index contributed by atoms with van der Waals surface area (Å²) in [6, 6.07) is 6.40. The largest absolute Gasteiger partial charge is 0.458 e. The van der Waals surface area contributed by atoms with Crippen molar-refractivity contribution in [3.63, 3.8) is 0 Å². The second-order valence-electron chi connectivity index (χ2n) is 12.4. The maximum Gasteiger partial charge on any atom is 0.415 e. The van der Waals surface area contributed by atoms with E-state index < -0.39 is 17.6 Å². The number of ether oxygens (including phenoxy) is 2. The number of likely N-dealkylation sites (tertiary alicyclic amines) is 1. The molecule has 242 valence electrons. The Hall–Kier alpha value is -3.89. The minimum atomic E-state index is -0.779. The van der Waals surface area contributed by atoms with Crippen LogP contribution >= 0.6 is 0 Å². The molecular weight excluding hydrogens is 560 g/mol. The molecule has 1 atom stereocenters. The normalized spacial score (nSPS) is 13.9. The number of esters is 1. The van der Waals surface area contributed by atoms with Crippen LogP contribution in [0, 0.1) is 5.92 Å². The highest BCUT2D eigenvalue weighted by molar-refractivity contribution is 5.97. The van der Waals surface area contributed by atoms with Gasteiger partial charge in [-0.25, -0.2) is 14.6 Å². The molecule has 0 bridgehead atoms. The van der Waals surface area contributed by atoms with Crippen molar-refractivity contribution < 1.29 is 23.9 Å². The van der Waals surface area contributed by atoms with E-state index in [9.17, 15) is 14.4 Å². The highest BCUT2D eigenvalue weighted by atomic mass is 16.6. The molecule has 0 radical (unpaired) electrons. The van der Waals surface area contributed by atoms with Gasteiger partial charge in [0.15, 0.2) is 5.82 Å². The molecule has 1 aliphatic rings. The lowest BCUT2D eigenvalue weighted by Crippen LogP contribution is -2.45. The highest BCUT2D eigenvalue weighted by Gasteiger charge is 2.33. The lowest BCUT2D eigenvalue weighted by molar-refractivity contribution is -0.156. The number of aromatic nitrogens is 2. The Balaban J connectivity index is 2.01. The van der Waals surface area contributed by atoms with E-state index in [1.807, 2.05) is 72.4 Å². The lowest BCUT2D eigenvalue weighted by Gasteiger charge is -2.34. The number of hydrogen-bond donors (Lipinski definition) is 0. The zero-order valence-corrected chi connectivity index (χ0v) is 27.9. The molecule has 2 heterocycles. The van der Waals surface area contributed by atoms with Crippen LogP contribution in [0.25, 0.3) is 0 Å². The van der Waals surface area contributed by atoms with Gasteiger partial charge in [-0.05, 0) is 72.1 Å². The minimum Gasteiger partial charge on any atom is -0.458 e. The molecule has 2 amide bonds. The maximum atomic E-state index is 13.8. The van der Waals surface area contributed by atoms with Crippen LogP contribution in [-0.2, 0) is 20.7 Å². The van der Waals surface area contributed by atoms with Gasteiger partial charge in [-0.3, -0.25) is 4.79 Å². The van der Waals surface area contributed by atoms with Gasteiger partial charge in [-0.2, -0.15) is 4.98 Å². The molecule has 11 heteroatoms.